The molecule has 0 fully saturated rings. The van der Waals surface area contributed by atoms with Gasteiger partial charge >= 0.3 is 6.09 Å². The maximum Gasteiger partial charge on any atom is 0.407 e. The molecule has 0 unspecified atom stereocenters. The smallest absolute Gasteiger partial charge is 0.407 e. The molecule has 0 bridgehead atoms. The van der Waals surface area contributed by atoms with E-state index in [1.165, 1.54) is 11.8 Å². The van der Waals surface area contributed by atoms with Gasteiger partial charge in [0.05, 0.1) is 45.2 Å². The number of nitrogens with zero attached hydrogens (tertiary/aromatic N) is 4. The molecule has 14 heteroatoms. The van der Waals surface area contributed by atoms with Crippen LogP contribution in [0.2, 0.25) is 0 Å². The zero-order valence-electron chi connectivity index (χ0n) is 23.9. The zero-order valence-corrected chi connectivity index (χ0v) is 24.7. The molecule has 4 N–H and O–H groups in total. The third-order valence-corrected chi connectivity index (χ3v) is 6.64. The molecule has 0 saturated heterocycles. The quantitative estimate of drug-likeness (QED) is 0.112. The van der Waals surface area contributed by atoms with Crippen LogP contribution in [0.3, 0.4) is 0 Å². The molecule has 0 aliphatic carbocycles. The van der Waals surface area contributed by atoms with Gasteiger partial charge in [0.25, 0.3) is 5.91 Å². The molecular weight excluding hydrogens is 574 g/mol. The summed E-state index contributed by atoms with van der Waals surface area (Å²) in [5.41, 5.74) is 8.13. The van der Waals surface area contributed by atoms with Crippen LogP contribution >= 0.6 is 11.8 Å². The number of thioether (sulfide) groups is 1. The van der Waals surface area contributed by atoms with Crippen molar-refractivity contribution in [3.05, 3.63) is 72.1 Å². The number of amides is 2. The van der Waals surface area contributed by atoms with Gasteiger partial charge in [0, 0.05) is 30.4 Å². The van der Waals surface area contributed by atoms with E-state index in [1.54, 1.807) is 0 Å². The molecule has 4 rings (SSSR count). The van der Waals surface area contributed by atoms with E-state index in [0.717, 1.165) is 22.2 Å². The van der Waals surface area contributed by atoms with Crippen LogP contribution in [0.1, 0.15) is 16.1 Å². The van der Waals surface area contributed by atoms with Crippen molar-refractivity contribution in [1.82, 2.24) is 25.1 Å². The summed E-state index contributed by atoms with van der Waals surface area (Å²) in [6.45, 7) is 3.84. The number of alkyl carbamates (subject to hydrolysis) is 1. The molecule has 0 aliphatic rings. The number of nitrogens with two attached hydrogens (primary N) is 1. The second-order valence-corrected chi connectivity index (χ2v) is 9.83. The Kier molecular flexibility index (Phi) is 12.5. The summed E-state index contributed by atoms with van der Waals surface area (Å²) in [6, 6.07) is 17.3. The highest BCUT2D eigenvalue weighted by molar-refractivity contribution is 7.98. The summed E-state index contributed by atoms with van der Waals surface area (Å²) >= 11 is 1.32. The van der Waals surface area contributed by atoms with Gasteiger partial charge in [-0.3, -0.25) is 4.79 Å². The summed E-state index contributed by atoms with van der Waals surface area (Å²) in [5.74, 6) is -0.448. The lowest BCUT2D eigenvalue weighted by molar-refractivity contribution is 0.0138. The molecule has 13 nitrogen and oxygen atoms in total. The summed E-state index contributed by atoms with van der Waals surface area (Å²) in [4.78, 5) is 27.9. The van der Waals surface area contributed by atoms with E-state index < -0.39 is 12.0 Å². The van der Waals surface area contributed by atoms with Gasteiger partial charge in [-0.25, -0.2) is 9.78 Å². The van der Waals surface area contributed by atoms with Gasteiger partial charge in [-0.15, -0.1) is 10.2 Å². The van der Waals surface area contributed by atoms with E-state index in [0.29, 0.717) is 57.9 Å². The molecule has 2 aromatic carbocycles. The fourth-order valence-corrected chi connectivity index (χ4v) is 4.31. The number of rotatable bonds is 18. The van der Waals surface area contributed by atoms with Gasteiger partial charge in [-0.05, 0) is 30.0 Å². The number of ether oxygens (including phenoxy) is 4. The number of carbonyl (C=O) groups is 2. The fraction of sp³-hybridized carbons (Fsp3) is 0.345. The van der Waals surface area contributed by atoms with Crippen molar-refractivity contribution in [2.45, 2.75) is 18.3 Å². The molecule has 0 atom stereocenters. The molecule has 43 heavy (non-hydrogen) atoms. The molecule has 4 aromatic rings. The molecular formula is C29H35N7O6S. The van der Waals surface area contributed by atoms with Gasteiger partial charge < -0.3 is 39.9 Å². The number of anilines is 2. The minimum absolute atomic E-state index is 0.0230. The van der Waals surface area contributed by atoms with Gasteiger partial charge in [0.2, 0.25) is 5.16 Å². The Morgan fingerprint density at radius 2 is 1.65 bits per heavy atom. The second-order valence-electron chi connectivity index (χ2n) is 9.06. The van der Waals surface area contributed by atoms with Crippen LogP contribution in [0.25, 0.3) is 10.9 Å². The van der Waals surface area contributed by atoms with Gasteiger partial charge in [0.15, 0.2) is 11.5 Å². The van der Waals surface area contributed by atoms with E-state index in [-0.39, 0.29) is 18.1 Å². The molecule has 0 spiro atoms. The normalized spacial score (nSPS) is 11.0. The number of aromatic nitrogens is 4. The molecule has 0 aliphatic heterocycles. The average molecular weight is 610 g/mol. The monoisotopic (exact) mass is 609 g/mol. The summed E-state index contributed by atoms with van der Waals surface area (Å²) in [7, 11) is 0. The van der Waals surface area contributed by atoms with E-state index in [4.69, 9.17) is 24.7 Å². The largest absolute Gasteiger partial charge is 0.445 e. The van der Waals surface area contributed by atoms with Crippen LogP contribution in [0.15, 0.2) is 66.0 Å². The SMILES string of the molecule is CSc1nnc(C(N)=O)c(Nc2cccc3c2ccn3CCOCCOCCOCCNC(=O)OCc2ccccc2)n1. The standard InChI is InChI=1S/C29H35N7O6S/c1-43-28-33-27(25(26(30)37)34-35-28)32-23-8-5-9-24-22(23)10-12-36(24)13-15-40-17-19-41-18-16-39-14-11-31-29(38)42-20-21-6-3-2-4-7-21/h2-10,12H,11,13-20H2,1H3,(H2,30,37)(H,31,38)(H,32,33,35). The number of fused-ring (bicyclic) bond motifs is 1. The van der Waals surface area contributed by atoms with Crippen LogP contribution in [0.5, 0.6) is 0 Å². The highest BCUT2D eigenvalue weighted by atomic mass is 32.2. The summed E-state index contributed by atoms with van der Waals surface area (Å²) in [6.07, 6.45) is 3.32. The topological polar surface area (TPSA) is 165 Å². The van der Waals surface area contributed by atoms with Crippen LogP contribution in [0, 0.1) is 0 Å². The zero-order chi connectivity index (χ0) is 30.3. The van der Waals surface area contributed by atoms with E-state index in [2.05, 4.69) is 30.4 Å². The Labute approximate surface area is 253 Å². The van der Waals surface area contributed by atoms with Gasteiger partial charge in [-0.2, -0.15) is 0 Å². The lowest BCUT2D eigenvalue weighted by Gasteiger charge is -2.11. The van der Waals surface area contributed by atoms with E-state index >= 15 is 0 Å². The maximum absolute atomic E-state index is 11.8. The highest BCUT2D eigenvalue weighted by Crippen LogP contribution is 2.28. The van der Waals surface area contributed by atoms with Crippen molar-refractivity contribution < 1.29 is 28.5 Å². The first kappa shape index (κ1) is 31.7. The van der Waals surface area contributed by atoms with Gasteiger partial charge in [-0.1, -0.05) is 48.2 Å². The molecule has 0 saturated carbocycles. The van der Waals surface area contributed by atoms with Crippen molar-refractivity contribution in [3.63, 3.8) is 0 Å². The third kappa shape index (κ3) is 9.92. The minimum atomic E-state index is -0.709. The van der Waals surface area contributed by atoms with E-state index in [9.17, 15) is 9.59 Å². The Bertz CT molecular complexity index is 1470. The molecule has 2 amide bonds. The number of primary amides is 1. The van der Waals surface area contributed by atoms with Crippen LogP contribution in [0.4, 0.5) is 16.3 Å². The average Bonchev–Trinajstić information content (AvgIpc) is 3.44. The highest BCUT2D eigenvalue weighted by Gasteiger charge is 2.16. The predicted molar refractivity (Wildman–Crippen MR) is 162 cm³/mol. The van der Waals surface area contributed by atoms with Crippen molar-refractivity contribution in [3.8, 4) is 0 Å². The van der Waals surface area contributed by atoms with Gasteiger partial charge in [0.1, 0.15) is 6.61 Å². The van der Waals surface area contributed by atoms with Crippen molar-refractivity contribution >= 4 is 46.2 Å². The Morgan fingerprint density at radius 1 is 0.907 bits per heavy atom. The fourth-order valence-electron chi connectivity index (χ4n) is 4.01. The van der Waals surface area contributed by atoms with Crippen LogP contribution in [-0.2, 0) is 32.1 Å². The Hall–Kier alpha value is -4.24. The lowest BCUT2D eigenvalue weighted by Crippen LogP contribution is -2.28. The Morgan fingerprint density at radius 3 is 2.40 bits per heavy atom. The first-order chi connectivity index (χ1) is 21.0. The van der Waals surface area contributed by atoms with Crippen LogP contribution in [-0.4, -0.2) is 84.2 Å². The lowest BCUT2D eigenvalue weighted by atomic mass is 10.2. The van der Waals surface area contributed by atoms with Crippen molar-refractivity contribution in [2.75, 3.05) is 57.8 Å². The van der Waals surface area contributed by atoms with Crippen LogP contribution < -0.4 is 16.4 Å². The molecule has 2 aromatic heterocycles. The first-order valence-electron chi connectivity index (χ1n) is 13.7. The van der Waals surface area contributed by atoms with Crippen molar-refractivity contribution in [2.24, 2.45) is 5.73 Å². The number of hydrogen-bond donors (Lipinski definition) is 3. The number of hydrogen-bond acceptors (Lipinski definition) is 11. The number of nitrogens with one attached hydrogen (secondary N) is 2. The minimum Gasteiger partial charge on any atom is -0.445 e. The second kappa shape index (κ2) is 17.0. The molecule has 0 radical (unpaired) electrons. The van der Waals surface area contributed by atoms with Crippen molar-refractivity contribution in [1.29, 1.82) is 0 Å². The maximum atomic E-state index is 11.8. The molecule has 2 heterocycles. The molecule has 228 valence electrons. The number of benzene rings is 2. The summed E-state index contributed by atoms with van der Waals surface area (Å²) < 4.78 is 24.0. The van der Waals surface area contributed by atoms with E-state index in [1.807, 2.05) is 67.0 Å². The first-order valence-corrected chi connectivity index (χ1v) is 14.9. The number of carbonyl (C=O) groups excluding carboxylic acids is 2. The predicted octanol–water partition coefficient (Wildman–Crippen LogP) is 3.37. The summed E-state index contributed by atoms with van der Waals surface area (Å²) in [5, 5.41) is 15.0. The third-order valence-electron chi connectivity index (χ3n) is 6.10. The Balaban J connectivity index is 1.08.